The van der Waals surface area contributed by atoms with Crippen LogP contribution < -0.4 is 4.74 Å². The van der Waals surface area contributed by atoms with E-state index in [-0.39, 0.29) is 11.8 Å². The average molecular weight is 339 g/mol. The van der Waals surface area contributed by atoms with Gasteiger partial charge in [-0.05, 0) is 71.6 Å². The van der Waals surface area contributed by atoms with Crippen LogP contribution in [0.15, 0.2) is 10.5 Å². The van der Waals surface area contributed by atoms with E-state index in [1.165, 1.54) is 29.5 Å². The Morgan fingerprint density at radius 3 is 2.70 bits per heavy atom. The quantitative estimate of drug-likeness (QED) is 0.907. The molecule has 1 N–H and O–H groups in total. The largest absolute Gasteiger partial charge is 0.495 e. The number of carbonyl (C=O) groups is 1. The van der Waals surface area contributed by atoms with Crippen molar-refractivity contribution in [1.82, 2.24) is 0 Å². The third-order valence-corrected chi connectivity index (χ3v) is 5.22. The van der Waals surface area contributed by atoms with Gasteiger partial charge >= 0.3 is 5.97 Å². The Labute approximate surface area is 127 Å². The van der Waals surface area contributed by atoms with Crippen LogP contribution in [0.2, 0.25) is 0 Å². The molecule has 0 bridgehead atoms. The molecular weight excluding hydrogens is 320 g/mol. The highest BCUT2D eigenvalue weighted by atomic mass is 79.9. The molecule has 2 aliphatic carbocycles. The number of ether oxygens (including phenoxy) is 1. The number of benzene rings is 1. The Morgan fingerprint density at radius 1 is 1.40 bits per heavy atom. The summed E-state index contributed by atoms with van der Waals surface area (Å²) < 4.78 is 6.58. The van der Waals surface area contributed by atoms with Gasteiger partial charge in [-0.3, -0.25) is 4.79 Å². The first-order valence-electron chi connectivity index (χ1n) is 7.18. The molecule has 1 aromatic carbocycles. The molecule has 2 aliphatic rings. The lowest BCUT2D eigenvalue weighted by Crippen LogP contribution is -2.19. The minimum atomic E-state index is -0.714. The van der Waals surface area contributed by atoms with E-state index in [2.05, 4.69) is 22.0 Å². The topological polar surface area (TPSA) is 46.5 Å². The van der Waals surface area contributed by atoms with Crippen LogP contribution in [-0.2, 0) is 23.1 Å². The van der Waals surface area contributed by atoms with Crippen LogP contribution in [0.25, 0.3) is 0 Å². The van der Waals surface area contributed by atoms with Crippen LogP contribution in [0, 0.1) is 0 Å². The number of carboxylic acid groups (broad SMARTS) is 1. The average Bonchev–Trinajstić information content (AvgIpc) is 3.16. The third kappa shape index (κ3) is 2.24. The van der Waals surface area contributed by atoms with Gasteiger partial charge in [0.2, 0.25) is 0 Å². The minimum Gasteiger partial charge on any atom is -0.495 e. The number of hydrogen-bond acceptors (Lipinski definition) is 2. The summed E-state index contributed by atoms with van der Waals surface area (Å²) in [5.41, 5.74) is 3.71. The predicted octanol–water partition coefficient (Wildman–Crippen LogP) is 3.84. The fourth-order valence-corrected chi connectivity index (χ4v) is 4.20. The second-order valence-corrected chi connectivity index (χ2v) is 6.82. The minimum absolute atomic E-state index is 0.192. The molecule has 0 amide bonds. The van der Waals surface area contributed by atoms with Crippen molar-refractivity contribution in [3.8, 4) is 5.75 Å². The SMILES string of the molecule is COc1c(Br)cc2c(c1C1(CC(=O)O)CC1)CCCC2. The maximum atomic E-state index is 11.2. The Bertz CT molecular complexity index is 561. The van der Waals surface area contributed by atoms with Crippen LogP contribution in [-0.4, -0.2) is 18.2 Å². The third-order valence-electron chi connectivity index (χ3n) is 4.63. The number of hydrogen-bond donors (Lipinski definition) is 1. The zero-order chi connectivity index (χ0) is 14.3. The van der Waals surface area contributed by atoms with Gasteiger partial charge in [0.05, 0.1) is 18.0 Å². The number of halogens is 1. The second-order valence-electron chi connectivity index (χ2n) is 5.96. The molecule has 0 aromatic heterocycles. The number of methoxy groups -OCH3 is 1. The van der Waals surface area contributed by atoms with Crippen molar-refractivity contribution in [2.45, 2.75) is 50.4 Å². The van der Waals surface area contributed by atoms with Gasteiger partial charge < -0.3 is 9.84 Å². The van der Waals surface area contributed by atoms with Gasteiger partial charge in [-0.1, -0.05) is 0 Å². The molecule has 0 radical (unpaired) electrons. The molecule has 1 saturated carbocycles. The summed E-state index contributed by atoms with van der Waals surface area (Å²) in [6, 6.07) is 2.16. The van der Waals surface area contributed by atoms with Gasteiger partial charge in [0.1, 0.15) is 5.75 Å². The molecule has 20 heavy (non-hydrogen) atoms. The fraction of sp³-hybridized carbons (Fsp3) is 0.562. The molecule has 0 heterocycles. The Morgan fingerprint density at radius 2 is 2.10 bits per heavy atom. The molecule has 0 saturated heterocycles. The van der Waals surface area contributed by atoms with E-state index in [9.17, 15) is 9.90 Å². The summed E-state index contributed by atoms with van der Waals surface area (Å²) >= 11 is 3.60. The molecule has 0 unspecified atom stereocenters. The van der Waals surface area contributed by atoms with E-state index in [1.54, 1.807) is 7.11 Å². The van der Waals surface area contributed by atoms with E-state index in [1.807, 2.05) is 0 Å². The van der Waals surface area contributed by atoms with E-state index >= 15 is 0 Å². The highest BCUT2D eigenvalue weighted by molar-refractivity contribution is 9.10. The summed E-state index contributed by atoms with van der Waals surface area (Å²) in [4.78, 5) is 11.2. The standard InChI is InChI=1S/C16H19BrO3/c1-20-15-12(17)8-10-4-2-3-5-11(10)14(15)16(6-7-16)9-13(18)19/h8H,2-7,9H2,1H3,(H,18,19). The van der Waals surface area contributed by atoms with Gasteiger partial charge in [0, 0.05) is 11.0 Å². The number of fused-ring (bicyclic) bond motifs is 1. The Hall–Kier alpha value is -1.03. The highest BCUT2D eigenvalue weighted by Crippen LogP contribution is 2.57. The molecule has 0 aliphatic heterocycles. The summed E-state index contributed by atoms with van der Waals surface area (Å²) in [6.45, 7) is 0. The second kappa shape index (κ2) is 5.06. The number of aryl methyl sites for hydroxylation is 1. The molecule has 0 atom stereocenters. The summed E-state index contributed by atoms with van der Waals surface area (Å²) in [5, 5.41) is 9.23. The van der Waals surface area contributed by atoms with Crippen molar-refractivity contribution in [2.75, 3.05) is 7.11 Å². The van der Waals surface area contributed by atoms with Crippen LogP contribution >= 0.6 is 15.9 Å². The Balaban J connectivity index is 2.17. The molecule has 4 heteroatoms. The van der Waals surface area contributed by atoms with E-state index < -0.39 is 5.97 Å². The van der Waals surface area contributed by atoms with Crippen LogP contribution in [0.4, 0.5) is 0 Å². The van der Waals surface area contributed by atoms with Gasteiger partial charge in [0.25, 0.3) is 0 Å². The van der Waals surface area contributed by atoms with Crippen molar-refractivity contribution in [2.24, 2.45) is 0 Å². The zero-order valence-electron chi connectivity index (χ0n) is 11.7. The lowest BCUT2D eigenvalue weighted by molar-refractivity contribution is -0.137. The fourth-order valence-electron chi connectivity index (χ4n) is 3.56. The maximum Gasteiger partial charge on any atom is 0.304 e. The van der Waals surface area contributed by atoms with Crippen molar-refractivity contribution < 1.29 is 14.6 Å². The van der Waals surface area contributed by atoms with Crippen LogP contribution in [0.3, 0.4) is 0 Å². The maximum absolute atomic E-state index is 11.2. The number of aliphatic carboxylic acids is 1. The molecule has 108 valence electrons. The molecular formula is C16H19BrO3. The van der Waals surface area contributed by atoms with Crippen molar-refractivity contribution in [3.05, 3.63) is 27.2 Å². The molecule has 1 aromatic rings. The Kier molecular flexibility index (Phi) is 3.53. The predicted molar refractivity (Wildman–Crippen MR) is 80.5 cm³/mol. The molecule has 1 fully saturated rings. The smallest absolute Gasteiger partial charge is 0.304 e. The molecule has 3 rings (SSSR count). The monoisotopic (exact) mass is 338 g/mol. The summed E-state index contributed by atoms with van der Waals surface area (Å²) in [5.74, 6) is 0.137. The van der Waals surface area contributed by atoms with Gasteiger partial charge in [-0.2, -0.15) is 0 Å². The van der Waals surface area contributed by atoms with E-state index in [4.69, 9.17) is 4.74 Å². The van der Waals surface area contributed by atoms with Crippen molar-refractivity contribution in [3.63, 3.8) is 0 Å². The van der Waals surface area contributed by atoms with Crippen LogP contribution in [0.1, 0.15) is 48.8 Å². The molecule has 3 nitrogen and oxygen atoms in total. The number of rotatable bonds is 4. The number of carboxylic acids is 1. The van der Waals surface area contributed by atoms with Gasteiger partial charge in [0.15, 0.2) is 0 Å². The van der Waals surface area contributed by atoms with E-state index in [0.717, 1.165) is 35.9 Å². The zero-order valence-corrected chi connectivity index (χ0v) is 13.3. The summed E-state index contributed by atoms with van der Waals surface area (Å²) in [7, 11) is 1.68. The lowest BCUT2D eigenvalue weighted by atomic mass is 9.80. The lowest BCUT2D eigenvalue weighted by Gasteiger charge is -2.27. The first-order chi connectivity index (χ1) is 9.57. The first-order valence-corrected chi connectivity index (χ1v) is 7.97. The summed E-state index contributed by atoms with van der Waals surface area (Å²) in [6.07, 6.45) is 6.68. The normalized spacial score (nSPS) is 19.3. The van der Waals surface area contributed by atoms with E-state index in [0.29, 0.717) is 0 Å². The van der Waals surface area contributed by atoms with Crippen molar-refractivity contribution in [1.29, 1.82) is 0 Å². The first kappa shape index (κ1) is 13.9. The van der Waals surface area contributed by atoms with Gasteiger partial charge in [-0.15, -0.1) is 0 Å². The van der Waals surface area contributed by atoms with Crippen molar-refractivity contribution >= 4 is 21.9 Å². The van der Waals surface area contributed by atoms with Crippen LogP contribution in [0.5, 0.6) is 5.75 Å². The molecule has 0 spiro atoms. The highest BCUT2D eigenvalue weighted by Gasteiger charge is 2.49. The van der Waals surface area contributed by atoms with Gasteiger partial charge in [-0.25, -0.2) is 0 Å².